The number of nitrogens with zero attached hydrogens (tertiary/aromatic N) is 9. The van der Waals surface area contributed by atoms with Crippen LogP contribution in [0.4, 0.5) is 0 Å². The normalized spacial score (nSPS) is 15.0. The number of piperazine rings is 1. The van der Waals surface area contributed by atoms with Gasteiger partial charge in [0.05, 0.1) is 29.4 Å². The minimum atomic E-state index is -3.82. The van der Waals surface area contributed by atoms with Crippen LogP contribution in [-0.4, -0.2) is 105 Å². The first-order valence-corrected chi connectivity index (χ1v) is 16.0. The van der Waals surface area contributed by atoms with Gasteiger partial charge in [0.2, 0.25) is 16.0 Å². The van der Waals surface area contributed by atoms with Crippen molar-refractivity contribution in [3.05, 3.63) is 40.6 Å². The maximum atomic E-state index is 14.0. The number of aryl methyl sites for hydroxylation is 2. The minimum absolute atomic E-state index is 0.120. The average Bonchev–Trinajstić information content (AvgIpc) is 3.59. The van der Waals surface area contributed by atoms with Crippen LogP contribution in [0.15, 0.2) is 34.2 Å². The van der Waals surface area contributed by atoms with Crippen molar-refractivity contribution < 1.29 is 17.9 Å². The van der Waals surface area contributed by atoms with Gasteiger partial charge in [-0.15, -0.1) is 0 Å². The van der Waals surface area contributed by atoms with Crippen LogP contribution in [0.5, 0.6) is 5.75 Å². The second kappa shape index (κ2) is 12.9. The summed E-state index contributed by atoms with van der Waals surface area (Å²) in [6.07, 6.45) is 3.53. The first-order valence-electron chi connectivity index (χ1n) is 14.5. The molecule has 0 aliphatic carbocycles. The molecule has 1 aromatic carbocycles. The van der Waals surface area contributed by atoms with Crippen molar-refractivity contribution in [3.8, 4) is 23.1 Å². The van der Waals surface area contributed by atoms with E-state index in [1.54, 1.807) is 39.4 Å². The van der Waals surface area contributed by atoms with Gasteiger partial charge in [-0.25, -0.2) is 18.1 Å². The molecule has 5 rings (SSSR count). The first-order chi connectivity index (χ1) is 20.7. The third kappa shape index (κ3) is 5.94. The second-order valence-corrected chi connectivity index (χ2v) is 12.5. The molecule has 4 aromatic rings. The van der Waals surface area contributed by atoms with E-state index in [2.05, 4.69) is 15.0 Å². The van der Waals surface area contributed by atoms with E-state index >= 15 is 0 Å². The van der Waals surface area contributed by atoms with Crippen LogP contribution < -0.4 is 10.3 Å². The summed E-state index contributed by atoms with van der Waals surface area (Å²) in [5.74, 6) is 1.13. The van der Waals surface area contributed by atoms with Gasteiger partial charge >= 0.3 is 0 Å². The molecule has 0 unspecified atom stereocenters. The SMILES string of the molecule is CCCOc1ccc(S(=O)(=O)N2CCN(CCOC)CC2)cc1-c1nc2c(CCC)nn(-c3ncnn3C)c2c(=O)n1C. The Morgan fingerprint density at radius 3 is 2.44 bits per heavy atom. The van der Waals surface area contributed by atoms with Gasteiger partial charge in [-0.3, -0.25) is 14.3 Å². The van der Waals surface area contributed by atoms with Gasteiger partial charge in [-0.2, -0.15) is 24.2 Å². The molecule has 0 radical (unpaired) electrons. The molecule has 0 N–H and O–H groups in total. The van der Waals surface area contributed by atoms with Gasteiger partial charge < -0.3 is 9.47 Å². The number of rotatable bonds is 12. The van der Waals surface area contributed by atoms with E-state index in [0.29, 0.717) is 80.1 Å². The van der Waals surface area contributed by atoms with Gasteiger partial charge in [-0.05, 0) is 31.0 Å². The predicted octanol–water partition coefficient (Wildman–Crippen LogP) is 1.61. The number of benzene rings is 1. The summed E-state index contributed by atoms with van der Waals surface area (Å²) in [4.78, 5) is 25.5. The fraction of sp³-hybridized carbons (Fsp3) is 0.536. The summed E-state index contributed by atoms with van der Waals surface area (Å²) in [7, 11) is 1.18. The molecule has 0 amide bonds. The standard InChI is InChI=1S/C28H39N9O5S/c1-6-8-22-24-25(37(32-22)28-29-19-30-34(28)4)27(38)33(3)26(31-24)21-18-20(9-10-23(21)42-16-7-2)43(39,40)36-13-11-35(12-14-36)15-17-41-5/h9-10,18-19H,6-8,11-17H2,1-5H3. The molecule has 0 bridgehead atoms. The molecule has 1 aliphatic rings. The van der Waals surface area contributed by atoms with Gasteiger partial charge in [0, 0.05) is 53.9 Å². The van der Waals surface area contributed by atoms with Crippen LogP contribution in [0, 0.1) is 0 Å². The van der Waals surface area contributed by atoms with Gasteiger partial charge in [-0.1, -0.05) is 20.3 Å². The summed E-state index contributed by atoms with van der Waals surface area (Å²) in [5.41, 5.74) is 1.43. The molecular formula is C28H39N9O5S. The minimum Gasteiger partial charge on any atom is -0.493 e. The van der Waals surface area contributed by atoms with E-state index in [-0.39, 0.29) is 16.0 Å². The third-order valence-corrected chi connectivity index (χ3v) is 9.47. The molecular weight excluding hydrogens is 574 g/mol. The number of sulfonamides is 1. The average molecular weight is 614 g/mol. The molecule has 1 fully saturated rings. The fourth-order valence-electron chi connectivity index (χ4n) is 5.22. The van der Waals surface area contributed by atoms with E-state index in [1.165, 1.54) is 24.6 Å². The molecule has 15 heteroatoms. The number of hydrogen-bond acceptors (Lipinski definition) is 10. The van der Waals surface area contributed by atoms with Crippen LogP contribution >= 0.6 is 0 Å². The van der Waals surface area contributed by atoms with Crippen molar-refractivity contribution in [1.82, 2.24) is 43.3 Å². The summed E-state index contributed by atoms with van der Waals surface area (Å²) in [6, 6.07) is 4.78. The van der Waals surface area contributed by atoms with Crippen LogP contribution in [0.3, 0.4) is 0 Å². The van der Waals surface area contributed by atoms with Crippen molar-refractivity contribution in [2.45, 2.75) is 38.0 Å². The summed E-state index contributed by atoms with van der Waals surface area (Å²) < 4.78 is 44.8. The molecule has 0 saturated carbocycles. The topological polar surface area (TPSA) is 143 Å². The molecule has 1 aliphatic heterocycles. The molecule has 0 spiro atoms. The first kappa shape index (κ1) is 30.8. The molecule has 14 nitrogen and oxygen atoms in total. The van der Waals surface area contributed by atoms with Gasteiger partial charge in [0.25, 0.3) is 5.56 Å². The highest BCUT2D eigenvalue weighted by Gasteiger charge is 2.30. The smallest absolute Gasteiger partial charge is 0.280 e. The molecule has 4 heterocycles. The Morgan fingerprint density at radius 1 is 1.02 bits per heavy atom. The lowest BCUT2D eigenvalue weighted by Gasteiger charge is -2.33. The molecule has 3 aromatic heterocycles. The second-order valence-electron chi connectivity index (χ2n) is 10.5. The number of aromatic nitrogens is 7. The third-order valence-electron chi connectivity index (χ3n) is 7.57. The predicted molar refractivity (Wildman–Crippen MR) is 161 cm³/mol. The summed E-state index contributed by atoms with van der Waals surface area (Å²) in [6.45, 7) is 7.78. The lowest BCUT2D eigenvalue weighted by Crippen LogP contribution is -2.49. The van der Waals surface area contributed by atoms with Crippen LogP contribution in [0.2, 0.25) is 0 Å². The Bertz CT molecular complexity index is 1750. The van der Waals surface area contributed by atoms with E-state index in [9.17, 15) is 13.2 Å². The highest BCUT2D eigenvalue weighted by atomic mass is 32.2. The molecule has 43 heavy (non-hydrogen) atoms. The zero-order chi connectivity index (χ0) is 30.7. The van der Waals surface area contributed by atoms with E-state index in [4.69, 9.17) is 19.6 Å². The number of hydrogen-bond donors (Lipinski definition) is 0. The Balaban J connectivity index is 1.62. The maximum Gasteiger partial charge on any atom is 0.280 e. The lowest BCUT2D eigenvalue weighted by molar-refractivity contribution is 0.123. The lowest BCUT2D eigenvalue weighted by atomic mass is 10.1. The highest BCUT2D eigenvalue weighted by Crippen LogP contribution is 2.33. The van der Waals surface area contributed by atoms with E-state index < -0.39 is 10.0 Å². The number of fused-ring (bicyclic) bond motifs is 1. The Labute approximate surface area is 250 Å². The quantitative estimate of drug-likeness (QED) is 0.231. The molecule has 0 atom stereocenters. The van der Waals surface area contributed by atoms with Crippen molar-refractivity contribution in [2.75, 3.05) is 53.0 Å². The summed E-state index contributed by atoms with van der Waals surface area (Å²) >= 11 is 0. The monoisotopic (exact) mass is 613 g/mol. The van der Waals surface area contributed by atoms with Crippen molar-refractivity contribution in [3.63, 3.8) is 0 Å². The zero-order valence-electron chi connectivity index (χ0n) is 25.4. The molecule has 232 valence electrons. The highest BCUT2D eigenvalue weighted by molar-refractivity contribution is 7.89. The Kier molecular flexibility index (Phi) is 9.25. The van der Waals surface area contributed by atoms with Crippen LogP contribution in [0.1, 0.15) is 32.4 Å². The van der Waals surface area contributed by atoms with Crippen LogP contribution in [0.25, 0.3) is 28.4 Å². The zero-order valence-corrected chi connectivity index (χ0v) is 26.2. The number of ether oxygens (including phenoxy) is 2. The van der Waals surface area contributed by atoms with E-state index in [1.807, 2.05) is 13.8 Å². The molecule has 1 saturated heterocycles. The van der Waals surface area contributed by atoms with E-state index in [0.717, 1.165) is 19.4 Å². The van der Waals surface area contributed by atoms with Crippen LogP contribution in [-0.2, 0) is 35.3 Å². The Hall–Kier alpha value is -3.66. The fourth-order valence-corrected chi connectivity index (χ4v) is 6.67. The largest absolute Gasteiger partial charge is 0.493 e. The van der Waals surface area contributed by atoms with Crippen molar-refractivity contribution in [2.24, 2.45) is 14.1 Å². The van der Waals surface area contributed by atoms with Gasteiger partial charge in [0.15, 0.2) is 5.52 Å². The van der Waals surface area contributed by atoms with Gasteiger partial charge in [0.1, 0.15) is 23.4 Å². The Morgan fingerprint density at radius 2 is 1.79 bits per heavy atom. The maximum absolute atomic E-state index is 14.0. The van der Waals surface area contributed by atoms with Crippen molar-refractivity contribution in [1.29, 1.82) is 0 Å². The van der Waals surface area contributed by atoms with Crippen molar-refractivity contribution >= 4 is 21.1 Å². The number of methoxy groups -OCH3 is 1. The summed E-state index contributed by atoms with van der Waals surface area (Å²) in [5, 5.41) is 8.84.